The highest BCUT2D eigenvalue weighted by Gasteiger charge is 2.08. The van der Waals surface area contributed by atoms with Gasteiger partial charge in [-0.15, -0.1) is 0 Å². The minimum Gasteiger partial charge on any atom is -0.396 e. The molecule has 2 N–H and O–H groups in total. The van der Waals surface area contributed by atoms with Gasteiger partial charge in [0.15, 0.2) is 0 Å². The summed E-state index contributed by atoms with van der Waals surface area (Å²) in [5.41, 5.74) is 2.14. The van der Waals surface area contributed by atoms with Gasteiger partial charge in [-0.2, -0.15) is 5.10 Å². The van der Waals surface area contributed by atoms with E-state index in [1.165, 1.54) is 12.8 Å². The number of aliphatic hydroxyl groups excluding tert-OH is 1. The van der Waals surface area contributed by atoms with Crippen LogP contribution in [0.25, 0.3) is 0 Å². The topological polar surface area (TPSA) is 48.9 Å². The van der Waals surface area contributed by atoms with E-state index in [1.54, 1.807) is 0 Å². The van der Waals surface area contributed by atoms with Crippen LogP contribution in [0, 0.1) is 0 Å². The van der Waals surface area contributed by atoms with Crippen molar-refractivity contribution in [3.63, 3.8) is 0 Å². The monoisotopic (exact) mass is 182 g/mol. The summed E-state index contributed by atoms with van der Waals surface area (Å²) in [5.74, 6) is 0.522. The van der Waals surface area contributed by atoms with Gasteiger partial charge in [-0.1, -0.05) is 20.3 Å². The van der Waals surface area contributed by atoms with Crippen molar-refractivity contribution in [3.05, 3.63) is 17.5 Å². The Morgan fingerprint density at radius 1 is 1.62 bits per heavy atom. The molecule has 0 saturated carbocycles. The highest BCUT2D eigenvalue weighted by atomic mass is 16.3. The van der Waals surface area contributed by atoms with Gasteiger partial charge >= 0.3 is 0 Å². The van der Waals surface area contributed by atoms with Gasteiger partial charge in [0.2, 0.25) is 0 Å². The molecule has 0 aliphatic heterocycles. The number of rotatable bonds is 5. The maximum Gasteiger partial charge on any atom is 0.0653 e. The molecule has 1 unspecified atom stereocenters. The van der Waals surface area contributed by atoms with Crippen LogP contribution < -0.4 is 0 Å². The number of nitrogens with zero attached hydrogens (tertiary/aromatic N) is 1. The second-order valence-electron chi connectivity index (χ2n) is 3.48. The molecule has 0 bridgehead atoms. The molecule has 0 aromatic carbocycles. The van der Waals surface area contributed by atoms with Gasteiger partial charge in [-0.05, 0) is 12.5 Å². The van der Waals surface area contributed by atoms with Gasteiger partial charge in [0.25, 0.3) is 0 Å². The van der Waals surface area contributed by atoms with Gasteiger partial charge in [-0.3, -0.25) is 5.10 Å². The summed E-state index contributed by atoms with van der Waals surface area (Å²) in [6.45, 7) is 4.55. The summed E-state index contributed by atoms with van der Waals surface area (Å²) in [4.78, 5) is 0. The highest BCUT2D eigenvalue weighted by Crippen LogP contribution is 2.18. The zero-order valence-corrected chi connectivity index (χ0v) is 8.38. The van der Waals surface area contributed by atoms with Crippen LogP contribution in [0.5, 0.6) is 0 Å². The Hall–Kier alpha value is -0.830. The zero-order chi connectivity index (χ0) is 9.68. The Labute approximate surface area is 79.2 Å². The summed E-state index contributed by atoms with van der Waals surface area (Å²) in [7, 11) is 0. The Morgan fingerprint density at radius 2 is 2.38 bits per heavy atom. The number of hydrogen-bond donors (Lipinski definition) is 2. The molecule has 0 saturated heterocycles. The molecule has 3 nitrogen and oxygen atoms in total. The van der Waals surface area contributed by atoms with Gasteiger partial charge in [-0.25, -0.2) is 0 Å². The fourth-order valence-corrected chi connectivity index (χ4v) is 1.46. The van der Waals surface area contributed by atoms with Gasteiger partial charge in [0.05, 0.1) is 5.69 Å². The zero-order valence-electron chi connectivity index (χ0n) is 8.38. The fraction of sp³-hybridized carbons (Fsp3) is 0.700. The minimum absolute atomic E-state index is 0.184. The Kier molecular flexibility index (Phi) is 3.96. The predicted molar refractivity (Wildman–Crippen MR) is 52.7 cm³/mol. The number of nitrogens with one attached hydrogen (secondary N) is 1. The van der Waals surface area contributed by atoms with E-state index in [4.69, 9.17) is 5.11 Å². The van der Waals surface area contributed by atoms with Crippen molar-refractivity contribution >= 4 is 0 Å². The lowest BCUT2D eigenvalue weighted by Crippen LogP contribution is -1.92. The second kappa shape index (κ2) is 5.02. The highest BCUT2D eigenvalue weighted by molar-refractivity contribution is 5.12. The predicted octanol–water partition coefficient (Wildman–Crippen LogP) is 1.85. The van der Waals surface area contributed by atoms with Crippen molar-refractivity contribution in [1.82, 2.24) is 10.2 Å². The molecule has 1 aromatic heterocycles. The number of H-pyrrole nitrogens is 1. The van der Waals surface area contributed by atoms with Crippen molar-refractivity contribution in [1.29, 1.82) is 0 Å². The van der Waals surface area contributed by atoms with Crippen LogP contribution in [0.2, 0.25) is 0 Å². The van der Waals surface area contributed by atoms with Gasteiger partial charge in [0.1, 0.15) is 0 Å². The summed E-state index contributed by atoms with van der Waals surface area (Å²) >= 11 is 0. The average Bonchev–Trinajstić information content (AvgIpc) is 2.54. The van der Waals surface area contributed by atoms with Crippen LogP contribution in [-0.2, 0) is 6.42 Å². The smallest absolute Gasteiger partial charge is 0.0653 e. The molecule has 74 valence electrons. The lowest BCUT2D eigenvalue weighted by Gasteiger charge is -2.04. The first kappa shape index (κ1) is 10.3. The normalized spacial score (nSPS) is 13.2. The molecule has 3 heteroatoms. The third-order valence-corrected chi connectivity index (χ3v) is 2.26. The van der Waals surface area contributed by atoms with Crippen molar-refractivity contribution in [2.75, 3.05) is 6.61 Å². The van der Waals surface area contributed by atoms with Crippen molar-refractivity contribution in [3.8, 4) is 0 Å². The lowest BCUT2D eigenvalue weighted by molar-refractivity contribution is 0.298. The van der Waals surface area contributed by atoms with Crippen molar-refractivity contribution in [2.45, 2.75) is 39.0 Å². The van der Waals surface area contributed by atoms with Crippen molar-refractivity contribution < 1.29 is 5.11 Å². The molecule has 1 atom stereocenters. The number of aliphatic hydroxyl groups is 1. The number of aromatic amines is 1. The maximum absolute atomic E-state index is 8.72. The minimum atomic E-state index is 0.184. The molecule has 0 spiro atoms. The largest absolute Gasteiger partial charge is 0.396 e. The first-order valence-electron chi connectivity index (χ1n) is 4.93. The standard InChI is InChI=1S/C10H18N2O/c1-3-4-8(2)10-7-9(5-6-13)11-12-10/h7-8,13H,3-6H2,1-2H3,(H,11,12). The van der Waals surface area contributed by atoms with Crippen LogP contribution in [0.4, 0.5) is 0 Å². The molecular weight excluding hydrogens is 164 g/mol. The SMILES string of the molecule is CCCC(C)c1cc(CCO)[nH]n1. The Morgan fingerprint density at radius 3 is 3.00 bits per heavy atom. The average molecular weight is 182 g/mol. The Balaban J connectivity index is 2.56. The van der Waals surface area contributed by atoms with Crippen LogP contribution in [0.1, 0.15) is 44.0 Å². The first-order valence-corrected chi connectivity index (χ1v) is 4.93. The van der Waals surface area contributed by atoms with Crippen LogP contribution in [0.3, 0.4) is 0 Å². The van der Waals surface area contributed by atoms with E-state index in [9.17, 15) is 0 Å². The molecule has 1 aromatic rings. The van der Waals surface area contributed by atoms with E-state index >= 15 is 0 Å². The van der Waals surface area contributed by atoms with Crippen LogP contribution in [-0.4, -0.2) is 21.9 Å². The summed E-state index contributed by atoms with van der Waals surface area (Å²) in [6, 6.07) is 2.05. The molecule has 1 heterocycles. The quantitative estimate of drug-likeness (QED) is 0.730. The van der Waals surface area contributed by atoms with Crippen LogP contribution in [0.15, 0.2) is 6.07 Å². The third-order valence-electron chi connectivity index (χ3n) is 2.26. The van der Waals surface area contributed by atoms with Crippen LogP contribution >= 0.6 is 0 Å². The van der Waals surface area contributed by atoms with E-state index in [0.717, 1.165) is 11.4 Å². The number of hydrogen-bond acceptors (Lipinski definition) is 2. The number of aromatic nitrogens is 2. The van der Waals surface area contributed by atoms with E-state index in [1.807, 2.05) is 0 Å². The van der Waals surface area contributed by atoms with Gasteiger partial charge in [0, 0.05) is 24.6 Å². The molecule has 0 amide bonds. The van der Waals surface area contributed by atoms with E-state index in [2.05, 4.69) is 30.1 Å². The molecule has 1 rings (SSSR count). The summed E-state index contributed by atoms with van der Waals surface area (Å²) < 4.78 is 0. The maximum atomic E-state index is 8.72. The molecule has 0 aliphatic rings. The molecule has 0 radical (unpaired) electrons. The van der Waals surface area contributed by atoms with E-state index in [-0.39, 0.29) is 6.61 Å². The molecular formula is C10H18N2O. The van der Waals surface area contributed by atoms with Gasteiger partial charge < -0.3 is 5.11 Å². The Bertz CT molecular complexity index is 245. The molecule has 13 heavy (non-hydrogen) atoms. The van der Waals surface area contributed by atoms with Crippen molar-refractivity contribution in [2.24, 2.45) is 0 Å². The third kappa shape index (κ3) is 2.84. The summed E-state index contributed by atoms with van der Waals surface area (Å²) in [5, 5.41) is 15.9. The fourth-order valence-electron chi connectivity index (χ4n) is 1.46. The molecule has 0 fully saturated rings. The van der Waals surface area contributed by atoms with E-state index in [0.29, 0.717) is 12.3 Å². The summed E-state index contributed by atoms with van der Waals surface area (Å²) in [6.07, 6.45) is 3.03. The lowest BCUT2D eigenvalue weighted by atomic mass is 10.0. The first-order chi connectivity index (χ1) is 6.27. The molecule has 0 aliphatic carbocycles. The second-order valence-corrected chi connectivity index (χ2v) is 3.48. The van der Waals surface area contributed by atoms with E-state index < -0.39 is 0 Å².